The Morgan fingerprint density at radius 1 is 1.32 bits per heavy atom. The third-order valence-electron chi connectivity index (χ3n) is 3.71. The van der Waals surface area contributed by atoms with Gasteiger partial charge in [0, 0.05) is 65.8 Å². The van der Waals surface area contributed by atoms with Crippen molar-refractivity contribution in [2.45, 2.75) is 19.1 Å². The highest BCUT2D eigenvalue weighted by atomic mass is 16.5. The van der Waals surface area contributed by atoms with Crippen molar-refractivity contribution >= 4 is 11.9 Å². The highest BCUT2D eigenvalue weighted by Crippen LogP contribution is 2.21. The van der Waals surface area contributed by atoms with Crippen molar-refractivity contribution in [2.75, 3.05) is 52.8 Å². The fourth-order valence-corrected chi connectivity index (χ4v) is 2.61. The monoisotopic (exact) mass is 307 g/mol. The van der Waals surface area contributed by atoms with Crippen molar-refractivity contribution < 1.29 is 9.53 Å². The lowest BCUT2D eigenvalue weighted by Gasteiger charge is -2.40. The van der Waals surface area contributed by atoms with E-state index in [0.717, 1.165) is 12.1 Å². The SMILES string of the molecule is CN(C)C(=O)[C@@]1(C)CN(Cc2cnc(N(C)C)nc2)CCO1. The van der Waals surface area contributed by atoms with Gasteiger partial charge in [0.15, 0.2) is 5.60 Å². The molecule has 1 aromatic rings. The zero-order valence-corrected chi connectivity index (χ0v) is 14.0. The van der Waals surface area contributed by atoms with Crippen LogP contribution in [0.4, 0.5) is 5.95 Å². The van der Waals surface area contributed by atoms with Crippen LogP contribution in [0.5, 0.6) is 0 Å². The first-order valence-electron chi connectivity index (χ1n) is 7.38. The molecule has 0 bridgehead atoms. The first-order chi connectivity index (χ1) is 10.3. The van der Waals surface area contributed by atoms with Crippen LogP contribution in [0.3, 0.4) is 0 Å². The highest BCUT2D eigenvalue weighted by Gasteiger charge is 2.40. The number of rotatable bonds is 4. The molecule has 7 heteroatoms. The molecule has 0 aromatic carbocycles. The summed E-state index contributed by atoms with van der Waals surface area (Å²) in [6.45, 7) is 4.48. The molecule has 0 spiro atoms. The summed E-state index contributed by atoms with van der Waals surface area (Å²) in [5.74, 6) is 0.690. The largest absolute Gasteiger partial charge is 0.363 e. The lowest BCUT2D eigenvalue weighted by molar-refractivity contribution is -0.165. The number of hydrogen-bond donors (Lipinski definition) is 0. The zero-order valence-electron chi connectivity index (χ0n) is 14.0. The van der Waals surface area contributed by atoms with Crippen LogP contribution in [0.15, 0.2) is 12.4 Å². The van der Waals surface area contributed by atoms with E-state index in [9.17, 15) is 4.79 Å². The van der Waals surface area contributed by atoms with Crippen LogP contribution in [0.2, 0.25) is 0 Å². The number of hydrogen-bond acceptors (Lipinski definition) is 6. The second-order valence-corrected chi connectivity index (χ2v) is 6.28. The molecule has 2 rings (SSSR count). The third kappa shape index (κ3) is 3.72. The summed E-state index contributed by atoms with van der Waals surface area (Å²) in [6, 6.07) is 0. The van der Waals surface area contributed by atoms with Gasteiger partial charge in [0.05, 0.1) is 6.61 Å². The van der Waals surface area contributed by atoms with Crippen LogP contribution < -0.4 is 4.90 Å². The molecule has 22 heavy (non-hydrogen) atoms. The molecule has 0 N–H and O–H groups in total. The van der Waals surface area contributed by atoms with E-state index in [2.05, 4.69) is 14.9 Å². The smallest absolute Gasteiger partial charge is 0.255 e. The number of nitrogens with zero attached hydrogens (tertiary/aromatic N) is 5. The molecule has 0 saturated carbocycles. The van der Waals surface area contributed by atoms with Crippen molar-refractivity contribution in [1.29, 1.82) is 0 Å². The first kappa shape index (κ1) is 16.6. The minimum Gasteiger partial charge on any atom is -0.363 e. The minimum atomic E-state index is -0.786. The van der Waals surface area contributed by atoms with E-state index >= 15 is 0 Å². The van der Waals surface area contributed by atoms with Crippen LogP contribution in [0, 0.1) is 0 Å². The Labute approximate surface area is 131 Å². The Morgan fingerprint density at radius 3 is 2.50 bits per heavy atom. The van der Waals surface area contributed by atoms with Crippen LogP contribution in [-0.4, -0.2) is 79.2 Å². The quantitative estimate of drug-likeness (QED) is 0.793. The summed E-state index contributed by atoms with van der Waals surface area (Å²) in [6.07, 6.45) is 3.67. The molecule has 122 valence electrons. The van der Waals surface area contributed by atoms with Gasteiger partial charge in [-0.25, -0.2) is 9.97 Å². The maximum atomic E-state index is 12.3. The zero-order chi connectivity index (χ0) is 16.3. The van der Waals surface area contributed by atoms with E-state index in [4.69, 9.17) is 4.74 Å². The Kier molecular flexibility index (Phi) is 4.97. The summed E-state index contributed by atoms with van der Waals surface area (Å²) in [7, 11) is 7.33. The van der Waals surface area contributed by atoms with Crippen molar-refractivity contribution in [3.8, 4) is 0 Å². The predicted molar refractivity (Wildman–Crippen MR) is 84.7 cm³/mol. The highest BCUT2D eigenvalue weighted by molar-refractivity contribution is 5.84. The standard InChI is InChI=1S/C15H25N5O2/c1-15(13(21)18(2)3)11-20(6-7-22-15)10-12-8-16-14(17-9-12)19(4)5/h8-9H,6-7,10-11H2,1-5H3/t15-/m1/s1. The normalized spacial score (nSPS) is 22.4. The second-order valence-electron chi connectivity index (χ2n) is 6.28. The van der Waals surface area contributed by atoms with Gasteiger partial charge in [-0.05, 0) is 6.92 Å². The fraction of sp³-hybridized carbons (Fsp3) is 0.667. The number of aromatic nitrogens is 2. The molecule has 1 atom stereocenters. The average Bonchev–Trinajstić information content (AvgIpc) is 2.47. The summed E-state index contributed by atoms with van der Waals surface area (Å²) in [5, 5.41) is 0. The van der Waals surface area contributed by atoms with Crippen LogP contribution >= 0.6 is 0 Å². The molecule has 0 radical (unpaired) electrons. The van der Waals surface area contributed by atoms with Gasteiger partial charge < -0.3 is 14.5 Å². The number of morpholine rings is 1. The lowest BCUT2D eigenvalue weighted by atomic mass is 10.0. The van der Waals surface area contributed by atoms with Gasteiger partial charge in [-0.2, -0.15) is 0 Å². The lowest BCUT2D eigenvalue weighted by Crippen LogP contribution is -2.57. The average molecular weight is 307 g/mol. The number of anilines is 1. The molecule has 1 aliphatic heterocycles. The number of likely N-dealkylation sites (N-methyl/N-ethyl adjacent to an activating group) is 1. The van der Waals surface area contributed by atoms with Gasteiger partial charge in [0.25, 0.3) is 5.91 Å². The molecule has 0 unspecified atom stereocenters. The minimum absolute atomic E-state index is 0.00333. The van der Waals surface area contributed by atoms with Gasteiger partial charge in [0.2, 0.25) is 5.95 Å². The summed E-state index contributed by atoms with van der Waals surface area (Å²) >= 11 is 0. The molecule has 7 nitrogen and oxygen atoms in total. The van der Waals surface area contributed by atoms with E-state index in [1.54, 1.807) is 19.0 Å². The topological polar surface area (TPSA) is 61.8 Å². The number of ether oxygens (including phenoxy) is 1. The van der Waals surface area contributed by atoms with Crippen molar-refractivity contribution in [3.05, 3.63) is 18.0 Å². The van der Waals surface area contributed by atoms with E-state index in [0.29, 0.717) is 25.6 Å². The molecule has 1 aliphatic rings. The number of carbonyl (C=O) groups excluding carboxylic acids is 1. The third-order valence-corrected chi connectivity index (χ3v) is 3.71. The molecular formula is C15H25N5O2. The maximum absolute atomic E-state index is 12.3. The summed E-state index contributed by atoms with van der Waals surface area (Å²) in [5.41, 5.74) is 0.249. The molecule has 1 amide bonds. The Balaban J connectivity index is 2.02. The predicted octanol–water partition coefficient (Wildman–Crippen LogP) is 0.222. The molecule has 2 heterocycles. The van der Waals surface area contributed by atoms with Crippen LogP contribution in [-0.2, 0) is 16.1 Å². The molecule has 0 aliphatic carbocycles. The summed E-state index contributed by atoms with van der Waals surface area (Å²) in [4.78, 5) is 26.6. The second kappa shape index (κ2) is 6.58. The maximum Gasteiger partial charge on any atom is 0.255 e. The molecule has 1 fully saturated rings. The fourth-order valence-electron chi connectivity index (χ4n) is 2.61. The van der Waals surface area contributed by atoms with Gasteiger partial charge in [-0.1, -0.05) is 0 Å². The van der Waals surface area contributed by atoms with Crippen LogP contribution in [0.1, 0.15) is 12.5 Å². The Bertz CT molecular complexity index is 517. The van der Waals surface area contributed by atoms with Crippen LogP contribution in [0.25, 0.3) is 0 Å². The van der Waals surface area contributed by atoms with E-state index in [-0.39, 0.29) is 5.91 Å². The Hall–Kier alpha value is -1.73. The van der Waals surface area contributed by atoms with Crippen molar-refractivity contribution in [3.63, 3.8) is 0 Å². The number of amides is 1. The van der Waals surface area contributed by atoms with Crippen molar-refractivity contribution in [2.24, 2.45) is 0 Å². The van der Waals surface area contributed by atoms with E-state index in [1.165, 1.54) is 0 Å². The molecular weight excluding hydrogens is 282 g/mol. The summed E-state index contributed by atoms with van der Waals surface area (Å²) < 4.78 is 5.74. The Morgan fingerprint density at radius 2 is 1.95 bits per heavy atom. The van der Waals surface area contributed by atoms with Gasteiger partial charge in [0.1, 0.15) is 0 Å². The van der Waals surface area contributed by atoms with E-state index in [1.807, 2.05) is 38.3 Å². The van der Waals surface area contributed by atoms with Gasteiger partial charge in [-0.15, -0.1) is 0 Å². The van der Waals surface area contributed by atoms with Gasteiger partial charge >= 0.3 is 0 Å². The van der Waals surface area contributed by atoms with Gasteiger partial charge in [-0.3, -0.25) is 9.69 Å². The van der Waals surface area contributed by atoms with Crippen molar-refractivity contribution in [1.82, 2.24) is 19.8 Å². The number of carbonyl (C=O) groups is 1. The molecule has 1 aromatic heterocycles. The molecule has 1 saturated heterocycles. The first-order valence-corrected chi connectivity index (χ1v) is 7.38. The van der Waals surface area contributed by atoms with E-state index < -0.39 is 5.60 Å².